The van der Waals surface area contributed by atoms with Gasteiger partial charge in [-0.05, 0) is 43.7 Å². The Kier molecular flexibility index (Phi) is 4.47. The molecule has 1 heterocycles. The van der Waals surface area contributed by atoms with E-state index in [1.807, 2.05) is 49.4 Å². The van der Waals surface area contributed by atoms with Crippen molar-refractivity contribution in [3.05, 3.63) is 59.7 Å². The van der Waals surface area contributed by atoms with Crippen molar-refractivity contribution >= 4 is 16.9 Å². The van der Waals surface area contributed by atoms with E-state index >= 15 is 0 Å². The summed E-state index contributed by atoms with van der Waals surface area (Å²) in [6, 6.07) is 14.9. The molecule has 1 aromatic heterocycles. The van der Waals surface area contributed by atoms with Crippen LogP contribution in [-0.4, -0.2) is 22.7 Å². The van der Waals surface area contributed by atoms with Crippen LogP contribution in [0.3, 0.4) is 0 Å². The summed E-state index contributed by atoms with van der Waals surface area (Å²) in [5, 5.41) is 10.2. The second-order valence-corrected chi connectivity index (χ2v) is 5.76. The largest absolute Gasteiger partial charge is 0.494 e. The number of benzene rings is 2. The Bertz CT molecular complexity index is 903. The van der Waals surface area contributed by atoms with Crippen LogP contribution in [0, 0.1) is 6.92 Å². The maximum Gasteiger partial charge on any atom is 0.336 e. The Morgan fingerprint density at radius 1 is 1.17 bits per heavy atom. The summed E-state index contributed by atoms with van der Waals surface area (Å²) in [5.74, 6) is -0.190. The molecule has 0 radical (unpaired) electrons. The highest BCUT2D eigenvalue weighted by Gasteiger charge is 2.13. The molecule has 0 aliphatic carbocycles. The van der Waals surface area contributed by atoms with Gasteiger partial charge >= 0.3 is 5.97 Å². The van der Waals surface area contributed by atoms with Gasteiger partial charge in [-0.15, -0.1) is 0 Å². The molecule has 0 fully saturated rings. The average Bonchev–Trinajstić information content (AvgIpc) is 2.59. The topological polar surface area (TPSA) is 59.4 Å². The van der Waals surface area contributed by atoms with Crippen molar-refractivity contribution in [1.29, 1.82) is 0 Å². The Morgan fingerprint density at radius 3 is 2.75 bits per heavy atom. The van der Waals surface area contributed by atoms with Crippen molar-refractivity contribution < 1.29 is 14.6 Å². The molecule has 3 rings (SSSR count). The molecule has 122 valence electrons. The first kappa shape index (κ1) is 16.0. The van der Waals surface area contributed by atoms with E-state index in [9.17, 15) is 9.90 Å². The highest BCUT2D eigenvalue weighted by Crippen LogP contribution is 2.28. The van der Waals surface area contributed by atoms with Gasteiger partial charge in [0.15, 0.2) is 0 Å². The number of carboxylic acids is 1. The van der Waals surface area contributed by atoms with Crippen LogP contribution >= 0.6 is 0 Å². The van der Waals surface area contributed by atoms with E-state index in [1.54, 1.807) is 6.07 Å². The molecule has 0 atom stereocenters. The normalized spacial score (nSPS) is 10.8. The number of ether oxygens (including phenoxy) is 1. The molecule has 24 heavy (non-hydrogen) atoms. The number of hydrogen-bond donors (Lipinski definition) is 1. The third-order valence-electron chi connectivity index (χ3n) is 3.80. The average molecular weight is 321 g/mol. The predicted octanol–water partition coefficient (Wildman–Crippen LogP) is 4.70. The van der Waals surface area contributed by atoms with Gasteiger partial charge in [0, 0.05) is 10.9 Å². The lowest BCUT2D eigenvalue weighted by Crippen LogP contribution is -2.01. The van der Waals surface area contributed by atoms with Gasteiger partial charge in [-0.3, -0.25) is 0 Å². The Labute approximate surface area is 140 Å². The number of aromatic carboxylic acids is 1. The molecule has 0 spiro atoms. The lowest BCUT2D eigenvalue weighted by molar-refractivity contribution is 0.0699. The summed E-state index contributed by atoms with van der Waals surface area (Å²) in [6.07, 6.45) is 0.932. The summed E-state index contributed by atoms with van der Waals surface area (Å²) in [5.41, 5.74) is 3.42. The van der Waals surface area contributed by atoms with Crippen LogP contribution in [-0.2, 0) is 0 Å². The highest BCUT2D eigenvalue weighted by molar-refractivity contribution is 6.04. The molecule has 0 aliphatic rings. The standard InChI is InChI=1S/C20H19NO3/c1-3-9-24-15-6-4-5-14(11-15)19-12-17(20(22)23)16-10-13(2)7-8-18(16)21-19/h4-8,10-12H,3,9H2,1-2H3,(H,22,23). The number of aromatic nitrogens is 1. The first-order chi connectivity index (χ1) is 11.6. The molecule has 0 saturated carbocycles. The summed E-state index contributed by atoms with van der Waals surface area (Å²) in [7, 11) is 0. The molecule has 4 heteroatoms. The van der Waals surface area contributed by atoms with Crippen molar-refractivity contribution in [1.82, 2.24) is 4.98 Å². The fourth-order valence-corrected chi connectivity index (χ4v) is 2.63. The van der Waals surface area contributed by atoms with Gasteiger partial charge < -0.3 is 9.84 Å². The summed E-state index contributed by atoms with van der Waals surface area (Å²) in [6.45, 7) is 4.64. The van der Waals surface area contributed by atoms with E-state index < -0.39 is 5.97 Å². The van der Waals surface area contributed by atoms with Gasteiger partial charge in [-0.1, -0.05) is 30.7 Å². The third kappa shape index (κ3) is 3.23. The molecule has 3 aromatic rings. The van der Waals surface area contributed by atoms with E-state index in [4.69, 9.17) is 4.74 Å². The number of rotatable bonds is 5. The maximum absolute atomic E-state index is 11.7. The number of carboxylic acid groups (broad SMARTS) is 1. The molecule has 0 bridgehead atoms. The predicted molar refractivity (Wildman–Crippen MR) is 94.7 cm³/mol. The van der Waals surface area contributed by atoms with E-state index in [2.05, 4.69) is 11.9 Å². The summed E-state index contributed by atoms with van der Waals surface area (Å²) < 4.78 is 5.65. The SMILES string of the molecule is CCCOc1cccc(-c2cc(C(=O)O)c3cc(C)ccc3n2)c1. The zero-order chi connectivity index (χ0) is 17.1. The Balaban J connectivity index is 2.13. The van der Waals surface area contributed by atoms with E-state index in [0.717, 1.165) is 23.3 Å². The van der Waals surface area contributed by atoms with Crippen molar-refractivity contribution in [2.45, 2.75) is 20.3 Å². The van der Waals surface area contributed by atoms with Crippen molar-refractivity contribution in [2.75, 3.05) is 6.61 Å². The molecule has 0 aliphatic heterocycles. The Morgan fingerprint density at radius 2 is 2.00 bits per heavy atom. The maximum atomic E-state index is 11.7. The van der Waals surface area contributed by atoms with Crippen LogP contribution in [0.25, 0.3) is 22.2 Å². The number of hydrogen-bond acceptors (Lipinski definition) is 3. The van der Waals surface area contributed by atoms with Gasteiger partial charge in [0.1, 0.15) is 5.75 Å². The van der Waals surface area contributed by atoms with Crippen LogP contribution in [0.5, 0.6) is 5.75 Å². The highest BCUT2D eigenvalue weighted by atomic mass is 16.5. The van der Waals surface area contributed by atoms with Gasteiger partial charge in [0.05, 0.1) is 23.4 Å². The van der Waals surface area contributed by atoms with E-state index in [0.29, 0.717) is 23.2 Å². The second-order valence-electron chi connectivity index (χ2n) is 5.76. The Hall–Kier alpha value is -2.88. The van der Waals surface area contributed by atoms with E-state index in [1.165, 1.54) is 0 Å². The number of carbonyl (C=O) groups is 1. The molecular formula is C20H19NO3. The smallest absolute Gasteiger partial charge is 0.336 e. The fraction of sp³-hybridized carbons (Fsp3) is 0.200. The molecular weight excluding hydrogens is 302 g/mol. The molecule has 2 aromatic carbocycles. The lowest BCUT2D eigenvalue weighted by Gasteiger charge is -2.10. The molecule has 0 unspecified atom stereocenters. The summed E-state index contributed by atoms with van der Waals surface area (Å²) >= 11 is 0. The number of nitrogens with zero attached hydrogens (tertiary/aromatic N) is 1. The fourth-order valence-electron chi connectivity index (χ4n) is 2.63. The van der Waals surface area contributed by atoms with Gasteiger partial charge in [0.25, 0.3) is 0 Å². The first-order valence-electron chi connectivity index (χ1n) is 7.96. The second kappa shape index (κ2) is 6.71. The monoisotopic (exact) mass is 321 g/mol. The number of pyridine rings is 1. The van der Waals surface area contributed by atoms with E-state index in [-0.39, 0.29) is 5.56 Å². The number of fused-ring (bicyclic) bond motifs is 1. The van der Waals surface area contributed by atoms with Gasteiger partial charge in [0.2, 0.25) is 0 Å². The van der Waals surface area contributed by atoms with Crippen molar-refractivity contribution in [3.63, 3.8) is 0 Å². The summed E-state index contributed by atoms with van der Waals surface area (Å²) in [4.78, 5) is 16.3. The van der Waals surface area contributed by atoms with Crippen LogP contribution in [0.15, 0.2) is 48.5 Å². The lowest BCUT2D eigenvalue weighted by atomic mass is 10.0. The molecule has 0 saturated heterocycles. The number of aryl methyl sites for hydroxylation is 1. The zero-order valence-corrected chi connectivity index (χ0v) is 13.7. The van der Waals surface area contributed by atoms with Crippen molar-refractivity contribution in [2.24, 2.45) is 0 Å². The third-order valence-corrected chi connectivity index (χ3v) is 3.80. The first-order valence-corrected chi connectivity index (χ1v) is 7.96. The van der Waals surface area contributed by atoms with Crippen LogP contribution in [0.2, 0.25) is 0 Å². The minimum absolute atomic E-state index is 0.263. The van der Waals surface area contributed by atoms with Gasteiger partial charge in [-0.25, -0.2) is 9.78 Å². The van der Waals surface area contributed by atoms with Crippen LogP contribution < -0.4 is 4.74 Å². The minimum atomic E-state index is -0.951. The van der Waals surface area contributed by atoms with Gasteiger partial charge in [-0.2, -0.15) is 0 Å². The molecule has 1 N–H and O–H groups in total. The molecule has 4 nitrogen and oxygen atoms in total. The molecule has 0 amide bonds. The quantitative estimate of drug-likeness (QED) is 0.740. The van der Waals surface area contributed by atoms with Crippen LogP contribution in [0.1, 0.15) is 29.3 Å². The van der Waals surface area contributed by atoms with Crippen molar-refractivity contribution in [3.8, 4) is 17.0 Å². The minimum Gasteiger partial charge on any atom is -0.494 e. The zero-order valence-electron chi connectivity index (χ0n) is 13.7. The van der Waals surface area contributed by atoms with Crippen LogP contribution in [0.4, 0.5) is 0 Å².